The van der Waals surface area contributed by atoms with Crippen LogP contribution in [0.1, 0.15) is 0 Å². The number of fused-ring (bicyclic) bond motifs is 2. The third-order valence-electron chi connectivity index (χ3n) is 5.83. The monoisotopic (exact) mass is 474 g/mol. The SMILES string of the molecule is COc1c2c(cc3occ(-c4ccc(O[C@@H]5O[C@H](CO)[C@@H](O)[C@H](O)[C@H]5O)cc4)c(=O)c13)OCO2. The highest BCUT2D eigenvalue weighted by Gasteiger charge is 2.44. The minimum Gasteiger partial charge on any atom is -0.492 e. The summed E-state index contributed by atoms with van der Waals surface area (Å²) >= 11 is 0. The molecule has 3 heterocycles. The second kappa shape index (κ2) is 8.78. The predicted octanol–water partition coefficient (Wildman–Crippen LogP) is 0.376. The van der Waals surface area contributed by atoms with Crippen LogP contribution < -0.4 is 24.4 Å². The minimum absolute atomic E-state index is 0.0129. The van der Waals surface area contributed by atoms with Crippen molar-refractivity contribution >= 4 is 11.0 Å². The fourth-order valence-corrected chi connectivity index (χ4v) is 4.01. The van der Waals surface area contributed by atoms with E-state index in [2.05, 4.69) is 0 Å². The van der Waals surface area contributed by atoms with Crippen molar-refractivity contribution in [2.24, 2.45) is 0 Å². The first-order chi connectivity index (χ1) is 16.4. The Morgan fingerprint density at radius 1 is 1.06 bits per heavy atom. The fourth-order valence-electron chi connectivity index (χ4n) is 4.01. The first kappa shape index (κ1) is 22.4. The van der Waals surface area contributed by atoms with Gasteiger partial charge in [0, 0.05) is 6.07 Å². The van der Waals surface area contributed by atoms with Gasteiger partial charge in [0.2, 0.25) is 24.3 Å². The Morgan fingerprint density at radius 3 is 2.53 bits per heavy atom. The highest BCUT2D eigenvalue weighted by molar-refractivity contribution is 5.91. The fraction of sp³-hybridized carbons (Fsp3) is 0.348. The molecule has 3 aromatic rings. The molecule has 0 amide bonds. The van der Waals surface area contributed by atoms with Crippen molar-refractivity contribution in [2.75, 3.05) is 20.5 Å². The van der Waals surface area contributed by atoms with Crippen molar-refractivity contribution in [1.82, 2.24) is 0 Å². The van der Waals surface area contributed by atoms with Gasteiger partial charge in [-0.15, -0.1) is 0 Å². The number of rotatable bonds is 5. The summed E-state index contributed by atoms with van der Waals surface area (Å²) in [4.78, 5) is 13.3. The van der Waals surface area contributed by atoms with Gasteiger partial charge in [0.05, 0.1) is 19.3 Å². The summed E-state index contributed by atoms with van der Waals surface area (Å²) in [5.74, 6) is 1.25. The number of ether oxygens (including phenoxy) is 5. The molecular weight excluding hydrogens is 452 g/mol. The molecule has 0 radical (unpaired) electrons. The lowest BCUT2D eigenvalue weighted by Crippen LogP contribution is -2.60. The summed E-state index contributed by atoms with van der Waals surface area (Å²) in [6.45, 7) is -0.551. The van der Waals surface area contributed by atoms with E-state index >= 15 is 0 Å². The van der Waals surface area contributed by atoms with E-state index < -0.39 is 37.3 Å². The lowest BCUT2D eigenvalue weighted by molar-refractivity contribution is -0.277. The Bertz CT molecular complexity index is 1250. The molecule has 0 aliphatic carbocycles. The van der Waals surface area contributed by atoms with Crippen molar-refractivity contribution in [3.05, 3.63) is 46.8 Å². The molecule has 11 nitrogen and oxygen atoms in total. The van der Waals surface area contributed by atoms with Gasteiger partial charge in [0.25, 0.3) is 0 Å². The molecule has 1 saturated heterocycles. The van der Waals surface area contributed by atoms with E-state index in [0.29, 0.717) is 17.1 Å². The van der Waals surface area contributed by atoms with Gasteiger partial charge in [0.1, 0.15) is 47.4 Å². The van der Waals surface area contributed by atoms with E-state index in [9.17, 15) is 25.2 Å². The molecule has 0 saturated carbocycles. The molecule has 11 heteroatoms. The van der Waals surface area contributed by atoms with Crippen LogP contribution in [0, 0.1) is 0 Å². The van der Waals surface area contributed by atoms with Crippen molar-refractivity contribution in [1.29, 1.82) is 0 Å². The number of benzene rings is 2. The Kier molecular flexibility index (Phi) is 5.80. The van der Waals surface area contributed by atoms with Gasteiger partial charge < -0.3 is 48.5 Å². The van der Waals surface area contributed by atoms with E-state index in [-0.39, 0.29) is 40.3 Å². The molecule has 34 heavy (non-hydrogen) atoms. The molecular formula is C23H22O11. The van der Waals surface area contributed by atoms with Crippen LogP contribution in [-0.2, 0) is 4.74 Å². The normalized spacial score (nSPS) is 26.0. The lowest BCUT2D eigenvalue weighted by atomic mass is 9.99. The summed E-state index contributed by atoms with van der Waals surface area (Å²) in [6, 6.07) is 7.87. The van der Waals surface area contributed by atoms with E-state index in [0.717, 1.165) is 0 Å². The van der Waals surface area contributed by atoms with Crippen LogP contribution in [0.5, 0.6) is 23.0 Å². The van der Waals surface area contributed by atoms with E-state index in [1.165, 1.54) is 25.5 Å². The number of hydrogen-bond acceptors (Lipinski definition) is 11. The number of aliphatic hydroxyl groups is 4. The molecule has 180 valence electrons. The van der Waals surface area contributed by atoms with Crippen LogP contribution in [0.25, 0.3) is 22.1 Å². The molecule has 0 spiro atoms. The third-order valence-corrected chi connectivity index (χ3v) is 5.83. The van der Waals surface area contributed by atoms with Gasteiger partial charge in [0.15, 0.2) is 11.5 Å². The van der Waals surface area contributed by atoms with E-state index in [1.807, 2.05) is 0 Å². The molecule has 0 bridgehead atoms. The van der Waals surface area contributed by atoms with Gasteiger partial charge in [-0.05, 0) is 17.7 Å². The minimum atomic E-state index is -1.55. The maximum absolute atomic E-state index is 13.3. The van der Waals surface area contributed by atoms with Crippen LogP contribution in [0.4, 0.5) is 0 Å². The van der Waals surface area contributed by atoms with E-state index in [4.69, 9.17) is 28.1 Å². The summed E-state index contributed by atoms with van der Waals surface area (Å²) in [6.07, 6.45) is -5.64. The largest absolute Gasteiger partial charge is 0.492 e. The smallest absolute Gasteiger partial charge is 0.231 e. The lowest BCUT2D eigenvalue weighted by Gasteiger charge is -2.39. The van der Waals surface area contributed by atoms with Crippen molar-refractivity contribution in [3.63, 3.8) is 0 Å². The maximum atomic E-state index is 13.3. The Morgan fingerprint density at radius 2 is 1.82 bits per heavy atom. The highest BCUT2D eigenvalue weighted by Crippen LogP contribution is 2.45. The zero-order valence-corrected chi connectivity index (χ0v) is 17.9. The van der Waals surface area contributed by atoms with Crippen molar-refractivity contribution < 1.29 is 48.5 Å². The molecule has 0 unspecified atom stereocenters. The highest BCUT2D eigenvalue weighted by atomic mass is 16.7. The maximum Gasteiger partial charge on any atom is 0.231 e. The van der Waals surface area contributed by atoms with Crippen LogP contribution in [-0.4, -0.2) is 71.6 Å². The Hall–Kier alpha value is -3.35. The summed E-state index contributed by atoms with van der Waals surface area (Å²) in [5, 5.41) is 39.5. The zero-order valence-electron chi connectivity index (χ0n) is 17.9. The first-order valence-electron chi connectivity index (χ1n) is 10.4. The van der Waals surface area contributed by atoms with Gasteiger partial charge in [-0.2, -0.15) is 0 Å². The molecule has 2 aliphatic rings. The van der Waals surface area contributed by atoms with E-state index in [1.54, 1.807) is 18.2 Å². The Balaban J connectivity index is 1.44. The molecule has 1 aromatic heterocycles. The topological polar surface area (TPSA) is 157 Å². The average Bonchev–Trinajstić information content (AvgIpc) is 3.32. The summed E-state index contributed by atoms with van der Waals surface area (Å²) < 4.78 is 32.8. The standard InChI is InChI=1S/C23H22O11/c1-29-22-16-13(6-14-21(22)32-9-31-14)30-8-12(17(16)25)10-2-4-11(5-3-10)33-23-20(28)19(27)18(26)15(7-24)34-23/h2-6,8,15,18-20,23-24,26-28H,7,9H2,1H3/t15-,18-,19+,20-,23-/m1/s1. The summed E-state index contributed by atoms with van der Waals surface area (Å²) in [5.41, 5.74) is 0.747. The van der Waals surface area contributed by atoms with Crippen LogP contribution >= 0.6 is 0 Å². The third kappa shape index (κ3) is 3.63. The molecule has 2 aliphatic heterocycles. The molecule has 5 rings (SSSR count). The zero-order chi connectivity index (χ0) is 24.0. The second-order valence-electron chi connectivity index (χ2n) is 7.83. The van der Waals surface area contributed by atoms with Gasteiger partial charge in [-0.25, -0.2) is 0 Å². The molecule has 2 aromatic carbocycles. The summed E-state index contributed by atoms with van der Waals surface area (Å²) in [7, 11) is 1.42. The van der Waals surface area contributed by atoms with Gasteiger partial charge >= 0.3 is 0 Å². The number of hydrogen-bond donors (Lipinski definition) is 4. The number of aliphatic hydroxyl groups excluding tert-OH is 4. The molecule has 5 atom stereocenters. The van der Waals surface area contributed by atoms with Crippen LogP contribution in [0.3, 0.4) is 0 Å². The van der Waals surface area contributed by atoms with Gasteiger partial charge in [-0.3, -0.25) is 4.79 Å². The average molecular weight is 474 g/mol. The quantitative estimate of drug-likeness (QED) is 0.405. The van der Waals surface area contributed by atoms with Gasteiger partial charge in [-0.1, -0.05) is 12.1 Å². The Labute approximate surface area is 192 Å². The predicted molar refractivity (Wildman–Crippen MR) is 115 cm³/mol. The molecule has 4 N–H and O–H groups in total. The second-order valence-corrected chi connectivity index (χ2v) is 7.83. The van der Waals surface area contributed by atoms with Crippen LogP contribution in [0.2, 0.25) is 0 Å². The first-order valence-corrected chi connectivity index (χ1v) is 10.4. The molecule has 1 fully saturated rings. The van der Waals surface area contributed by atoms with Crippen LogP contribution in [0.15, 0.2) is 45.8 Å². The number of methoxy groups -OCH3 is 1. The van der Waals surface area contributed by atoms with Crippen molar-refractivity contribution in [3.8, 4) is 34.1 Å². The van der Waals surface area contributed by atoms with Crippen molar-refractivity contribution in [2.45, 2.75) is 30.7 Å².